The number of hydrogen-bond acceptors (Lipinski definition) is 8. The minimum atomic E-state index is -3.50. The highest BCUT2D eigenvalue weighted by Gasteiger charge is 2.20. The van der Waals surface area contributed by atoms with E-state index in [1.807, 2.05) is 0 Å². The number of anilines is 1. The Kier molecular flexibility index (Phi) is 5.32. The predicted molar refractivity (Wildman–Crippen MR) is 100 cm³/mol. The van der Waals surface area contributed by atoms with Crippen LogP contribution >= 0.6 is 0 Å². The van der Waals surface area contributed by atoms with Crippen molar-refractivity contribution < 1.29 is 27.1 Å². The average molecular weight is 403 g/mol. The lowest BCUT2D eigenvalue weighted by atomic mass is 10.2. The Morgan fingerprint density at radius 2 is 1.82 bits per heavy atom. The summed E-state index contributed by atoms with van der Waals surface area (Å²) < 4.78 is 39.6. The van der Waals surface area contributed by atoms with E-state index in [1.165, 1.54) is 26.4 Å². The molecule has 0 atom stereocenters. The summed E-state index contributed by atoms with van der Waals surface area (Å²) in [6.45, 7) is 0. The van der Waals surface area contributed by atoms with Gasteiger partial charge in [0.2, 0.25) is 0 Å². The van der Waals surface area contributed by atoms with Crippen LogP contribution < -0.4 is 14.8 Å². The third-order valence-electron chi connectivity index (χ3n) is 3.82. The molecule has 0 aliphatic heterocycles. The van der Waals surface area contributed by atoms with E-state index in [2.05, 4.69) is 15.5 Å². The molecule has 1 amide bonds. The first kappa shape index (κ1) is 19.4. The van der Waals surface area contributed by atoms with Crippen LogP contribution in [0.2, 0.25) is 0 Å². The summed E-state index contributed by atoms with van der Waals surface area (Å²) in [5.74, 6) is 0.272. The second-order valence-corrected chi connectivity index (χ2v) is 7.69. The van der Waals surface area contributed by atoms with Gasteiger partial charge in [-0.2, -0.15) is 0 Å². The van der Waals surface area contributed by atoms with Crippen molar-refractivity contribution in [1.82, 2.24) is 10.2 Å². The van der Waals surface area contributed by atoms with Gasteiger partial charge < -0.3 is 13.9 Å². The minimum Gasteiger partial charge on any atom is -0.497 e. The van der Waals surface area contributed by atoms with E-state index in [0.717, 1.165) is 6.26 Å². The van der Waals surface area contributed by atoms with E-state index >= 15 is 0 Å². The van der Waals surface area contributed by atoms with Crippen LogP contribution in [0.15, 0.2) is 51.8 Å². The van der Waals surface area contributed by atoms with Crippen molar-refractivity contribution in [1.29, 1.82) is 0 Å². The smallest absolute Gasteiger partial charge is 0.322 e. The molecule has 0 saturated heterocycles. The predicted octanol–water partition coefficient (Wildman–Crippen LogP) is 2.41. The summed E-state index contributed by atoms with van der Waals surface area (Å²) in [6.07, 6.45) is 1.08. The summed E-state index contributed by atoms with van der Waals surface area (Å²) in [4.78, 5) is 12.6. The summed E-state index contributed by atoms with van der Waals surface area (Å²) in [5, 5.41) is 10.1. The van der Waals surface area contributed by atoms with Gasteiger partial charge in [-0.25, -0.2) is 8.42 Å². The molecule has 9 nitrogen and oxygen atoms in total. The third kappa shape index (κ3) is 3.96. The topological polar surface area (TPSA) is 121 Å². The Labute approximate surface area is 161 Å². The number of ether oxygens (including phenoxy) is 2. The van der Waals surface area contributed by atoms with E-state index in [1.54, 1.807) is 30.3 Å². The SMILES string of the molecule is COc1ccc(C(=O)Nc2nnc(-c3ccccc3S(C)(=O)=O)o2)c(OC)c1. The molecule has 0 unspecified atom stereocenters. The van der Waals surface area contributed by atoms with Crippen LogP contribution in [0.3, 0.4) is 0 Å². The Bertz CT molecular complexity index is 1120. The zero-order valence-corrected chi connectivity index (χ0v) is 16.1. The number of hydrogen-bond donors (Lipinski definition) is 1. The normalized spacial score (nSPS) is 11.1. The summed E-state index contributed by atoms with van der Waals surface area (Å²) in [6, 6.07) is 10.8. The standard InChI is InChI=1S/C18H17N3O6S/c1-25-11-8-9-12(14(10-11)26-2)16(22)19-18-21-20-17(27-18)13-6-4-5-7-15(13)28(3,23)24/h4-10H,1-3H3,(H,19,21,22). The molecule has 1 N–H and O–H groups in total. The van der Waals surface area contributed by atoms with Crippen molar-refractivity contribution in [2.24, 2.45) is 0 Å². The quantitative estimate of drug-likeness (QED) is 0.666. The first-order valence-corrected chi connectivity index (χ1v) is 9.89. The number of methoxy groups -OCH3 is 2. The zero-order valence-electron chi connectivity index (χ0n) is 15.3. The fourth-order valence-electron chi connectivity index (χ4n) is 2.50. The molecular weight excluding hydrogens is 386 g/mol. The Morgan fingerprint density at radius 1 is 1.07 bits per heavy atom. The van der Waals surface area contributed by atoms with Crippen molar-refractivity contribution in [2.75, 3.05) is 25.8 Å². The maximum atomic E-state index is 12.5. The van der Waals surface area contributed by atoms with Gasteiger partial charge in [0.05, 0.1) is 30.2 Å². The molecule has 0 saturated carbocycles. The fraction of sp³-hybridized carbons (Fsp3) is 0.167. The molecule has 3 rings (SSSR count). The van der Waals surface area contributed by atoms with E-state index in [-0.39, 0.29) is 27.9 Å². The Balaban J connectivity index is 1.88. The van der Waals surface area contributed by atoms with E-state index in [9.17, 15) is 13.2 Å². The summed E-state index contributed by atoms with van der Waals surface area (Å²) in [5.41, 5.74) is 0.486. The monoisotopic (exact) mass is 403 g/mol. The van der Waals surface area contributed by atoms with Gasteiger partial charge in [-0.05, 0) is 24.3 Å². The van der Waals surface area contributed by atoms with Crippen molar-refractivity contribution in [2.45, 2.75) is 4.90 Å². The number of nitrogens with one attached hydrogen (secondary N) is 1. The van der Waals surface area contributed by atoms with Gasteiger partial charge >= 0.3 is 6.01 Å². The van der Waals surface area contributed by atoms with Crippen LogP contribution in [0.25, 0.3) is 11.5 Å². The molecule has 3 aromatic rings. The van der Waals surface area contributed by atoms with Crippen LogP contribution in [-0.4, -0.2) is 45.0 Å². The number of rotatable bonds is 6. The van der Waals surface area contributed by atoms with Gasteiger partial charge in [0.1, 0.15) is 11.5 Å². The molecule has 0 bridgehead atoms. The maximum Gasteiger partial charge on any atom is 0.322 e. The van der Waals surface area contributed by atoms with Crippen molar-refractivity contribution in [3.05, 3.63) is 48.0 Å². The highest BCUT2D eigenvalue weighted by atomic mass is 32.2. The second kappa shape index (κ2) is 7.69. The molecule has 10 heteroatoms. The van der Waals surface area contributed by atoms with Crippen molar-refractivity contribution in [3.8, 4) is 23.0 Å². The second-order valence-electron chi connectivity index (χ2n) is 5.70. The van der Waals surface area contributed by atoms with Crippen LogP contribution in [-0.2, 0) is 9.84 Å². The maximum absolute atomic E-state index is 12.5. The molecule has 28 heavy (non-hydrogen) atoms. The zero-order chi connectivity index (χ0) is 20.3. The van der Waals surface area contributed by atoms with Gasteiger partial charge in [-0.15, -0.1) is 5.10 Å². The minimum absolute atomic E-state index is 0.0296. The molecule has 0 aliphatic carbocycles. The molecule has 2 aromatic carbocycles. The van der Waals surface area contributed by atoms with E-state index in [4.69, 9.17) is 13.9 Å². The molecule has 0 radical (unpaired) electrons. The Morgan fingerprint density at radius 3 is 2.50 bits per heavy atom. The molecule has 1 aromatic heterocycles. The van der Waals surface area contributed by atoms with Gasteiger partial charge in [0.25, 0.3) is 11.8 Å². The van der Waals surface area contributed by atoms with Crippen molar-refractivity contribution in [3.63, 3.8) is 0 Å². The van der Waals surface area contributed by atoms with Gasteiger partial charge in [0, 0.05) is 12.3 Å². The van der Waals surface area contributed by atoms with Crippen LogP contribution in [0.1, 0.15) is 10.4 Å². The number of sulfone groups is 1. The highest BCUT2D eigenvalue weighted by Crippen LogP contribution is 2.28. The lowest BCUT2D eigenvalue weighted by molar-refractivity contribution is 0.102. The molecule has 146 valence electrons. The number of benzene rings is 2. The van der Waals surface area contributed by atoms with Gasteiger partial charge in [-0.1, -0.05) is 17.2 Å². The number of nitrogens with zero attached hydrogens (tertiary/aromatic N) is 2. The third-order valence-corrected chi connectivity index (χ3v) is 4.97. The summed E-state index contributed by atoms with van der Waals surface area (Å²) in [7, 11) is -0.566. The van der Waals surface area contributed by atoms with E-state index in [0.29, 0.717) is 11.5 Å². The first-order valence-electron chi connectivity index (χ1n) is 8.00. The lowest BCUT2D eigenvalue weighted by Gasteiger charge is -2.09. The van der Waals surface area contributed by atoms with Gasteiger partial charge in [-0.3, -0.25) is 10.1 Å². The van der Waals surface area contributed by atoms with Crippen LogP contribution in [0.5, 0.6) is 11.5 Å². The number of aromatic nitrogens is 2. The number of carbonyl (C=O) groups is 1. The molecule has 1 heterocycles. The summed E-state index contributed by atoms with van der Waals surface area (Å²) >= 11 is 0. The number of amides is 1. The molecular formula is C18H17N3O6S. The average Bonchev–Trinajstić information content (AvgIpc) is 3.15. The largest absolute Gasteiger partial charge is 0.497 e. The number of carbonyl (C=O) groups excluding carboxylic acids is 1. The molecule has 0 spiro atoms. The van der Waals surface area contributed by atoms with Crippen LogP contribution in [0, 0.1) is 0 Å². The van der Waals surface area contributed by atoms with Crippen LogP contribution in [0.4, 0.5) is 6.01 Å². The van der Waals surface area contributed by atoms with E-state index < -0.39 is 15.7 Å². The van der Waals surface area contributed by atoms with Crippen molar-refractivity contribution >= 4 is 21.8 Å². The highest BCUT2D eigenvalue weighted by molar-refractivity contribution is 7.90. The first-order chi connectivity index (χ1) is 13.3. The lowest BCUT2D eigenvalue weighted by Crippen LogP contribution is -2.13. The molecule has 0 aliphatic rings. The Hall–Kier alpha value is -3.40. The fourth-order valence-corrected chi connectivity index (χ4v) is 3.38. The van der Waals surface area contributed by atoms with Gasteiger partial charge in [0.15, 0.2) is 9.84 Å². The molecule has 0 fully saturated rings.